The van der Waals surface area contributed by atoms with Crippen LogP contribution in [-0.2, 0) is 0 Å². The van der Waals surface area contributed by atoms with Crippen LogP contribution in [0.1, 0.15) is 0 Å². The second kappa shape index (κ2) is 10.7. The smallest absolute Gasteiger partial charge is 0.0110 e. The van der Waals surface area contributed by atoms with Crippen LogP contribution >= 0.6 is 0 Å². The molecule has 6 heteroatoms. The molecule has 108 valence electrons. The third-order valence-corrected chi connectivity index (χ3v) is 3.31. The molecule has 0 aromatic rings. The van der Waals surface area contributed by atoms with Crippen molar-refractivity contribution >= 4 is 0 Å². The summed E-state index contributed by atoms with van der Waals surface area (Å²) in [6, 6.07) is 0. The van der Waals surface area contributed by atoms with Crippen LogP contribution in [0.5, 0.6) is 0 Å². The molecule has 0 bridgehead atoms. The van der Waals surface area contributed by atoms with Gasteiger partial charge < -0.3 is 22.1 Å². The lowest BCUT2D eigenvalue weighted by molar-refractivity contribution is 0.223. The highest BCUT2D eigenvalue weighted by Crippen LogP contribution is 1.94. The summed E-state index contributed by atoms with van der Waals surface area (Å²) in [4.78, 5) is 4.95. The zero-order chi connectivity index (χ0) is 13.1. The Labute approximate surface area is 111 Å². The molecular formula is C12H30N6. The first kappa shape index (κ1) is 15.8. The second-order valence-corrected chi connectivity index (χ2v) is 4.76. The molecular weight excluding hydrogens is 228 g/mol. The van der Waals surface area contributed by atoms with E-state index in [1.807, 2.05) is 0 Å². The van der Waals surface area contributed by atoms with Crippen molar-refractivity contribution in [1.29, 1.82) is 0 Å². The Morgan fingerprint density at radius 1 is 0.833 bits per heavy atom. The highest BCUT2D eigenvalue weighted by molar-refractivity contribution is 4.69. The van der Waals surface area contributed by atoms with E-state index in [2.05, 4.69) is 20.4 Å². The first-order chi connectivity index (χ1) is 8.86. The van der Waals surface area contributed by atoms with Gasteiger partial charge in [0.25, 0.3) is 0 Å². The van der Waals surface area contributed by atoms with Gasteiger partial charge in [0.2, 0.25) is 0 Å². The third kappa shape index (κ3) is 7.25. The monoisotopic (exact) mass is 258 g/mol. The van der Waals surface area contributed by atoms with Gasteiger partial charge >= 0.3 is 0 Å². The van der Waals surface area contributed by atoms with Gasteiger partial charge in [-0.05, 0) is 0 Å². The fourth-order valence-corrected chi connectivity index (χ4v) is 2.20. The van der Waals surface area contributed by atoms with Gasteiger partial charge in [-0.1, -0.05) is 0 Å². The predicted octanol–water partition coefficient (Wildman–Crippen LogP) is -2.30. The number of nitrogens with two attached hydrogens (primary N) is 2. The Hall–Kier alpha value is -0.240. The Bertz CT molecular complexity index is 189. The molecule has 1 rings (SSSR count). The molecule has 6 N–H and O–H groups in total. The van der Waals surface area contributed by atoms with E-state index in [0.717, 1.165) is 72.0 Å². The molecule has 0 saturated carbocycles. The molecule has 18 heavy (non-hydrogen) atoms. The van der Waals surface area contributed by atoms with E-state index < -0.39 is 0 Å². The minimum atomic E-state index is 0.714. The van der Waals surface area contributed by atoms with Crippen LogP contribution in [-0.4, -0.2) is 88.3 Å². The molecule has 0 unspecified atom stereocenters. The van der Waals surface area contributed by atoms with Gasteiger partial charge in [0.05, 0.1) is 0 Å². The lowest BCUT2D eigenvalue weighted by Gasteiger charge is -2.25. The molecule has 0 aliphatic carbocycles. The van der Waals surface area contributed by atoms with Gasteiger partial charge in [-0.2, -0.15) is 0 Å². The molecule has 6 nitrogen and oxygen atoms in total. The Morgan fingerprint density at radius 2 is 1.50 bits per heavy atom. The summed E-state index contributed by atoms with van der Waals surface area (Å²) in [5, 5.41) is 6.83. The maximum absolute atomic E-state index is 5.64. The van der Waals surface area contributed by atoms with Crippen molar-refractivity contribution in [2.75, 3.05) is 78.5 Å². The van der Waals surface area contributed by atoms with Crippen LogP contribution in [0.25, 0.3) is 0 Å². The van der Waals surface area contributed by atoms with Gasteiger partial charge in [0, 0.05) is 78.5 Å². The van der Waals surface area contributed by atoms with Gasteiger partial charge in [0.15, 0.2) is 0 Å². The Kier molecular flexibility index (Phi) is 9.37. The van der Waals surface area contributed by atoms with Crippen LogP contribution in [0.3, 0.4) is 0 Å². The van der Waals surface area contributed by atoms with Crippen LogP contribution in [0.4, 0.5) is 0 Å². The van der Waals surface area contributed by atoms with Crippen LogP contribution in [0, 0.1) is 0 Å². The SMILES string of the molecule is NCCNCCN1CCNCCN(CCN)CC1. The molecule has 0 atom stereocenters. The molecule has 1 heterocycles. The van der Waals surface area contributed by atoms with Crippen LogP contribution in [0.15, 0.2) is 0 Å². The van der Waals surface area contributed by atoms with Crippen molar-refractivity contribution in [3.63, 3.8) is 0 Å². The van der Waals surface area contributed by atoms with Crippen molar-refractivity contribution in [3.05, 3.63) is 0 Å². The van der Waals surface area contributed by atoms with Crippen molar-refractivity contribution in [2.45, 2.75) is 0 Å². The average Bonchev–Trinajstić information content (AvgIpc) is 2.48. The van der Waals surface area contributed by atoms with E-state index in [9.17, 15) is 0 Å². The largest absolute Gasteiger partial charge is 0.329 e. The van der Waals surface area contributed by atoms with Crippen molar-refractivity contribution in [2.24, 2.45) is 11.5 Å². The lowest BCUT2D eigenvalue weighted by Crippen LogP contribution is -2.41. The summed E-state index contributed by atoms with van der Waals surface area (Å²) < 4.78 is 0. The molecule has 1 aliphatic heterocycles. The summed E-state index contributed by atoms with van der Waals surface area (Å²) in [5.41, 5.74) is 11.1. The van der Waals surface area contributed by atoms with E-state index >= 15 is 0 Å². The maximum Gasteiger partial charge on any atom is 0.0110 e. The summed E-state index contributed by atoms with van der Waals surface area (Å²) in [7, 11) is 0. The van der Waals surface area contributed by atoms with Gasteiger partial charge in [-0.15, -0.1) is 0 Å². The van der Waals surface area contributed by atoms with Gasteiger partial charge in [-0.3, -0.25) is 9.80 Å². The van der Waals surface area contributed by atoms with E-state index in [1.165, 1.54) is 0 Å². The molecule has 1 saturated heterocycles. The quantitative estimate of drug-likeness (QED) is 0.385. The number of nitrogens with zero attached hydrogens (tertiary/aromatic N) is 2. The molecule has 0 amide bonds. The third-order valence-electron chi connectivity index (χ3n) is 3.31. The van der Waals surface area contributed by atoms with E-state index in [0.29, 0.717) is 6.54 Å². The van der Waals surface area contributed by atoms with Crippen LogP contribution in [0.2, 0.25) is 0 Å². The summed E-state index contributed by atoms with van der Waals surface area (Å²) in [5.74, 6) is 0. The number of rotatable bonds is 7. The fourth-order valence-electron chi connectivity index (χ4n) is 2.20. The number of hydrogen-bond acceptors (Lipinski definition) is 6. The lowest BCUT2D eigenvalue weighted by atomic mass is 10.4. The predicted molar refractivity (Wildman–Crippen MR) is 76.7 cm³/mol. The fraction of sp³-hybridized carbons (Fsp3) is 1.00. The highest BCUT2D eigenvalue weighted by Gasteiger charge is 2.10. The van der Waals surface area contributed by atoms with Crippen molar-refractivity contribution < 1.29 is 0 Å². The molecule has 0 aromatic heterocycles. The van der Waals surface area contributed by atoms with Crippen LogP contribution < -0.4 is 22.1 Å². The minimum absolute atomic E-state index is 0.714. The number of hydrogen-bond donors (Lipinski definition) is 4. The summed E-state index contributed by atoms with van der Waals surface area (Å²) in [6.07, 6.45) is 0. The topological polar surface area (TPSA) is 82.6 Å². The highest BCUT2D eigenvalue weighted by atomic mass is 15.2. The van der Waals surface area contributed by atoms with E-state index in [4.69, 9.17) is 11.5 Å². The van der Waals surface area contributed by atoms with Gasteiger partial charge in [-0.25, -0.2) is 0 Å². The first-order valence-electron chi connectivity index (χ1n) is 7.13. The molecule has 1 fully saturated rings. The normalized spacial score (nSPS) is 20.3. The minimum Gasteiger partial charge on any atom is -0.329 e. The standard InChI is InChI=1S/C12H30N6/c13-1-3-15-4-9-18-10-6-16-5-8-17(7-2-14)11-12-18/h15-16H,1-14H2. The Balaban J connectivity index is 2.23. The first-order valence-corrected chi connectivity index (χ1v) is 7.13. The second-order valence-electron chi connectivity index (χ2n) is 4.76. The Morgan fingerprint density at radius 3 is 2.11 bits per heavy atom. The number of nitrogens with one attached hydrogen (secondary N) is 2. The van der Waals surface area contributed by atoms with E-state index in [1.54, 1.807) is 0 Å². The zero-order valence-electron chi connectivity index (χ0n) is 11.5. The van der Waals surface area contributed by atoms with E-state index in [-0.39, 0.29) is 0 Å². The molecule has 0 spiro atoms. The van der Waals surface area contributed by atoms with Gasteiger partial charge in [0.1, 0.15) is 0 Å². The molecule has 0 radical (unpaired) electrons. The molecule has 1 aliphatic rings. The summed E-state index contributed by atoms with van der Waals surface area (Å²) >= 11 is 0. The zero-order valence-corrected chi connectivity index (χ0v) is 11.5. The average molecular weight is 258 g/mol. The molecule has 0 aromatic carbocycles. The maximum atomic E-state index is 5.64. The van der Waals surface area contributed by atoms with Crippen molar-refractivity contribution in [1.82, 2.24) is 20.4 Å². The van der Waals surface area contributed by atoms with Crippen molar-refractivity contribution in [3.8, 4) is 0 Å². The summed E-state index contributed by atoms with van der Waals surface area (Å²) in [6.45, 7) is 12.1.